The van der Waals surface area contributed by atoms with Crippen LogP contribution in [0, 0.1) is 15.7 Å². The number of benzene rings is 1. The van der Waals surface area contributed by atoms with Crippen molar-refractivity contribution in [3.63, 3.8) is 0 Å². The van der Waals surface area contributed by atoms with Gasteiger partial charge in [-0.3, -0.25) is 0 Å². The number of fused-ring (bicyclic) bond motifs is 1. The first-order valence-electron chi connectivity index (χ1n) is 5.03. The van der Waals surface area contributed by atoms with Crippen molar-refractivity contribution >= 4 is 27.5 Å². The third kappa shape index (κ3) is 1.60. The third-order valence-corrected chi connectivity index (χ3v) is 3.35. The molecule has 3 N–H and O–H groups in total. The van der Waals surface area contributed by atoms with Crippen LogP contribution >= 0.6 is 11.3 Å². The van der Waals surface area contributed by atoms with Gasteiger partial charge in [0.1, 0.15) is 4.66 Å². The van der Waals surface area contributed by atoms with Gasteiger partial charge < -0.3 is 9.97 Å². The van der Waals surface area contributed by atoms with Crippen molar-refractivity contribution < 1.29 is 0 Å². The van der Waals surface area contributed by atoms with E-state index in [9.17, 15) is 0 Å². The smallest absolute Gasteiger partial charge is 0.249 e. The molecule has 1 aromatic rings. The van der Waals surface area contributed by atoms with Crippen LogP contribution in [0.5, 0.6) is 0 Å². The Bertz CT molecular complexity index is 787. The van der Waals surface area contributed by atoms with Gasteiger partial charge in [0.2, 0.25) is 5.13 Å². The summed E-state index contributed by atoms with van der Waals surface area (Å²) in [6, 6.07) is 7.94. The number of nitrogens with one attached hydrogen (secondary N) is 3. The number of H-pyrrole nitrogens is 2. The zero-order chi connectivity index (χ0) is 11.8. The molecule has 0 bridgehead atoms. The van der Waals surface area contributed by atoms with Crippen LogP contribution in [0.25, 0.3) is 11.0 Å². The monoisotopic (exact) mass is 246 g/mol. The minimum atomic E-state index is 0.417. The van der Waals surface area contributed by atoms with Crippen LogP contribution in [0.3, 0.4) is 0 Å². The fraction of sp³-hybridized carbons (Fsp3) is 0.100. The highest BCUT2D eigenvalue weighted by molar-refractivity contribution is 7.12. The van der Waals surface area contributed by atoms with E-state index in [0.29, 0.717) is 5.13 Å². The maximum Gasteiger partial charge on any atom is 0.249 e. The van der Waals surface area contributed by atoms with Crippen LogP contribution < -0.4 is 0 Å². The molecule has 0 aliphatic carbocycles. The summed E-state index contributed by atoms with van der Waals surface area (Å²) in [5, 5.41) is 7.94. The van der Waals surface area contributed by atoms with E-state index >= 15 is 0 Å². The van der Waals surface area contributed by atoms with Gasteiger partial charge in [-0.25, -0.2) is 10.2 Å². The lowest BCUT2D eigenvalue weighted by atomic mass is 10.3. The molecule has 0 saturated carbocycles. The largest absolute Gasteiger partial charge is 0.342 e. The second-order valence-corrected chi connectivity index (χ2v) is 4.57. The molecule has 0 amide bonds. The zero-order valence-electron chi connectivity index (χ0n) is 9.06. The molecule has 0 atom stereocenters. The summed E-state index contributed by atoms with van der Waals surface area (Å²) in [7, 11) is 1.82. The second-order valence-electron chi connectivity index (χ2n) is 3.59. The van der Waals surface area contributed by atoms with Gasteiger partial charge in [0.05, 0.1) is 11.0 Å². The summed E-state index contributed by atoms with van der Waals surface area (Å²) in [5.74, 6) is 0. The molecule has 7 heteroatoms. The molecule has 0 spiro atoms. The number of aryl methyl sites for hydroxylation is 1. The Hall–Kier alpha value is -2.15. The normalized spacial score (nSPS) is 10.9. The van der Waals surface area contributed by atoms with E-state index in [1.807, 2.05) is 31.3 Å². The Labute approximate surface area is 99.8 Å². The summed E-state index contributed by atoms with van der Waals surface area (Å²) in [4.78, 5) is 6.61. The van der Waals surface area contributed by atoms with Crippen molar-refractivity contribution in [3.05, 3.63) is 34.4 Å². The number of nitrogens with zero attached hydrogens (tertiary/aromatic N) is 3. The van der Waals surface area contributed by atoms with Crippen molar-refractivity contribution in [1.29, 1.82) is 5.53 Å². The van der Waals surface area contributed by atoms with Gasteiger partial charge >= 0.3 is 0 Å². The minimum absolute atomic E-state index is 0.417. The van der Waals surface area contributed by atoms with Crippen LogP contribution in [0.2, 0.25) is 0 Å². The highest BCUT2D eigenvalue weighted by Gasteiger charge is 2.01. The Morgan fingerprint density at radius 2 is 2.00 bits per heavy atom. The third-order valence-electron chi connectivity index (χ3n) is 2.49. The molecule has 86 valence electrons. The lowest BCUT2D eigenvalue weighted by Crippen LogP contribution is -2.03. The Kier molecular flexibility index (Phi) is 2.19. The fourth-order valence-electron chi connectivity index (χ4n) is 1.70. The number of rotatable bonds is 1. The Morgan fingerprint density at radius 1 is 1.29 bits per heavy atom. The summed E-state index contributed by atoms with van der Waals surface area (Å²) in [5.41, 5.74) is 9.92. The first-order valence-corrected chi connectivity index (χ1v) is 5.84. The summed E-state index contributed by atoms with van der Waals surface area (Å²) in [6.07, 6.45) is 0. The van der Waals surface area contributed by atoms with Crippen molar-refractivity contribution in [3.8, 4) is 0 Å². The zero-order valence-corrected chi connectivity index (χ0v) is 9.88. The predicted molar refractivity (Wildman–Crippen MR) is 65.0 cm³/mol. The van der Waals surface area contributed by atoms with E-state index in [4.69, 9.17) is 5.53 Å². The van der Waals surface area contributed by atoms with Gasteiger partial charge in [-0.15, -0.1) is 10.2 Å². The lowest BCUT2D eigenvalue weighted by Gasteiger charge is -2.04. The molecule has 0 unspecified atom stereocenters. The molecule has 0 saturated heterocycles. The molecule has 17 heavy (non-hydrogen) atoms. The maximum absolute atomic E-state index is 7.01. The van der Waals surface area contributed by atoms with E-state index in [0.717, 1.165) is 21.2 Å². The van der Waals surface area contributed by atoms with Gasteiger partial charge in [0.15, 0.2) is 5.48 Å². The Morgan fingerprint density at radius 3 is 2.71 bits per heavy atom. The lowest BCUT2D eigenvalue weighted by molar-refractivity contribution is 0.695. The van der Waals surface area contributed by atoms with Crippen LogP contribution in [0.4, 0.5) is 5.13 Å². The number of hydrogen-bond donors (Lipinski definition) is 3. The van der Waals surface area contributed by atoms with Gasteiger partial charge in [-0.1, -0.05) is 23.5 Å². The van der Waals surface area contributed by atoms with Gasteiger partial charge in [0, 0.05) is 7.05 Å². The average molecular weight is 246 g/mol. The average Bonchev–Trinajstić information content (AvgIpc) is 2.36. The summed E-state index contributed by atoms with van der Waals surface area (Å²) in [6.45, 7) is 0. The first-order chi connectivity index (χ1) is 8.28. The van der Waals surface area contributed by atoms with E-state index in [1.54, 1.807) is 4.68 Å². The number of hydrogen-bond acceptors (Lipinski definition) is 4. The van der Waals surface area contributed by atoms with E-state index in [1.165, 1.54) is 11.3 Å². The summed E-state index contributed by atoms with van der Waals surface area (Å²) >= 11 is 1.34. The van der Waals surface area contributed by atoms with Crippen molar-refractivity contribution in [2.45, 2.75) is 0 Å². The topological polar surface area (TPSA) is 85.6 Å². The standard InChI is InChI=1S/C10H10N6S/c1-16-8-9(17-10(14-11)15-16)13-7-5-3-2-4-6(7)12-8/h2-5,11-13H,1H3. The SMILES string of the molecule is Cn1nc(N=N)sc2[nH]c3ccccc3[nH]c1=2. The highest BCUT2D eigenvalue weighted by Crippen LogP contribution is 2.17. The Balaban J connectivity index is 2.54. The number of para-hydroxylation sites is 2. The number of aromatic nitrogens is 4. The predicted octanol–water partition coefficient (Wildman–Crippen LogP) is 2.80. The molecule has 3 rings (SSSR count). The fourth-order valence-corrected chi connectivity index (χ4v) is 2.54. The van der Waals surface area contributed by atoms with E-state index < -0.39 is 0 Å². The molecule has 2 heterocycles. The van der Waals surface area contributed by atoms with Crippen molar-refractivity contribution in [1.82, 2.24) is 19.7 Å². The molecular formula is C10H10N6S. The van der Waals surface area contributed by atoms with Gasteiger partial charge in [-0.05, 0) is 12.1 Å². The molecule has 0 aromatic heterocycles. The van der Waals surface area contributed by atoms with E-state index in [-0.39, 0.29) is 0 Å². The highest BCUT2D eigenvalue weighted by atomic mass is 32.1. The molecular weight excluding hydrogens is 236 g/mol. The minimum Gasteiger partial charge on any atom is -0.342 e. The molecule has 1 aromatic carbocycles. The van der Waals surface area contributed by atoms with Crippen LogP contribution in [0.1, 0.15) is 0 Å². The van der Waals surface area contributed by atoms with Crippen molar-refractivity contribution in [2.75, 3.05) is 0 Å². The molecule has 0 fully saturated rings. The van der Waals surface area contributed by atoms with Gasteiger partial charge in [-0.2, -0.15) is 0 Å². The number of aromatic amines is 2. The first kappa shape index (κ1) is 10.0. The quantitative estimate of drug-likeness (QED) is 0.566. The van der Waals surface area contributed by atoms with E-state index in [2.05, 4.69) is 20.2 Å². The van der Waals surface area contributed by atoms with Crippen LogP contribution in [-0.2, 0) is 7.05 Å². The second kappa shape index (κ2) is 3.70. The molecule has 0 radical (unpaired) electrons. The molecule has 2 aliphatic rings. The summed E-state index contributed by atoms with van der Waals surface area (Å²) < 4.78 is 2.59. The van der Waals surface area contributed by atoms with Crippen LogP contribution in [-0.4, -0.2) is 19.7 Å². The van der Waals surface area contributed by atoms with Gasteiger partial charge in [0.25, 0.3) is 0 Å². The maximum atomic E-state index is 7.01. The van der Waals surface area contributed by atoms with Crippen LogP contribution in [0.15, 0.2) is 29.4 Å². The molecule has 2 aliphatic heterocycles. The van der Waals surface area contributed by atoms with Crippen molar-refractivity contribution in [2.24, 2.45) is 12.2 Å². The molecule has 6 nitrogen and oxygen atoms in total.